The third-order valence-corrected chi connectivity index (χ3v) is 3.25. The molecule has 0 fully saturated rings. The van der Waals surface area contributed by atoms with Crippen molar-refractivity contribution < 1.29 is 14.7 Å². The number of nitrogens with zero attached hydrogens (tertiary/aromatic N) is 1. The fourth-order valence-corrected chi connectivity index (χ4v) is 2.15. The number of carboxylic acids is 1. The molecule has 2 aromatic rings. The highest BCUT2D eigenvalue weighted by Gasteiger charge is 2.08. The number of rotatable bonds is 4. The Kier molecular flexibility index (Phi) is 4.67. The molecule has 0 atom stereocenters. The Morgan fingerprint density at radius 1 is 1.20 bits per heavy atom. The van der Waals surface area contributed by atoms with E-state index < -0.39 is 5.97 Å². The number of aromatic nitrogens is 1. The summed E-state index contributed by atoms with van der Waals surface area (Å²) in [5, 5.41) is 11.6. The standard InChI is InChI=1S/C14H11IN2O3/c15-11-3-1-2-9(6-11)13(18)17-8-12-7-10(14(19)20)4-5-16-12/h1-7H,8H2,(H,17,18)(H,19,20). The molecule has 0 aliphatic heterocycles. The van der Waals surface area contributed by atoms with Crippen LogP contribution >= 0.6 is 22.6 Å². The summed E-state index contributed by atoms with van der Waals surface area (Å²) in [7, 11) is 0. The summed E-state index contributed by atoms with van der Waals surface area (Å²) in [6.07, 6.45) is 1.41. The van der Waals surface area contributed by atoms with Gasteiger partial charge in [-0.25, -0.2) is 4.79 Å². The largest absolute Gasteiger partial charge is 0.478 e. The average Bonchev–Trinajstić information content (AvgIpc) is 2.45. The first-order valence-electron chi connectivity index (χ1n) is 5.78. The van der Waals surface area contributed by atoms with Gasteiger partial charge in [0.1, 0.15) is 0 Å². The summed E-state index contributed by atoms with van der Waals surface area (Å²) >= 11 is 2.13. The molecule has 0 saturated carbocycles. The number of halogens is 1. The summed E-state index contributed by atoms with van der Waals surface area (Å²) < 4.78 is 0.973. The van der Waals surface area contributed by atoms with Crippen LogP contribution < -0.4 is 5.32 Å². The second-order valence-electron chi connectivity index (χ2n) is 4.03. The molecular formula is C14H11IN2O3. The summed E-state index contributed by atoms with van der Waals surface area (Å²) in [6, 6.07) is 10.1. The minimum absolute atomic E-state index is 0.151. The van der Waals surface area contributed by atoms with E-state index >= 15 is 0 Å². The van der Waals surface area contributed by atoms with Crippen molar-refractivity contribution in [2.75, 3.05) is 0 Å². The number of carbonyl (C=O) groups excluding carboxylic acids is 1. The zero-order valence-electron chi connectivity index (χ0n) is 10.3. The summed E-state index contributed by atoms with van der Waals surface area (Å²) in [5.41, 5.74) is 1.22. The molecule has 5 nitrogen and oxygen atoms in total. The topological polar surface area (TPSA) is 79.3 Å². The quantitative estimate of drug-likeness (QED) is 0.796. The van der Waals surface area contributed by atoms with Gasteiger partial charge in [-0.2, -0.15) is 0 Å². The Bertz CT molecular complexity index is 658. The van der Waals surface area contributed by atoms with Crippen molar-refractivity contribution in [3.8, 4) is 0 Å². The SMILES string of the molecule is O=C(O)c1ccnc(CNC(=O)c2cccc(I)c2)c1. The maximum Gasteiger partial charge on any atom is 0.335 e. The molecule has 0 unspecified atom stereocenters. The number of benzene rings is 1. The van der Waals surface area contributed by atoms with Crippen molar-refractivity contribution in [3.05, 3.63) is 63.0 Å². The lowest BCUT2D eigenvalue weighted by molar-refractivity contribution is 0.0696. The fourth-order valence-electron chi connectivity index (χ4n) is 1.61. The van der Waals surface area contributed by atoms with Crippen LogP contribution in [0.5, 0.6) is 0 Å². The van der Waals surface area contributed by atoms with E-state index in [-0.39, 0.29) is 18.0 Å². The van der Waals surface area contributed by atoms with Gasteiger partial charge in [0.05, 0.1) is 17.8 Å². The highest BCUT2D eigenvalue weighted by Crippen LogP contribution is 2.08. The van der Waals surface area contributed by atoms with E-state index in [9.17, 15) is 9.59 Å². The third kappa shape index (κ3) is 3.77. The molecule has 0 aliphatic rings. The zero-order chi connectivity index (χ0) is 14.5. The minimum Gasteiger partial charge on any atom is -0.478 e. The summed E-state index contributed by atoms with van der Waals surface area (Å²) in [4.78, 5) is 26.8. The van der Waals surface area contributed by atoms with Crippen molar-refractivity contribution in [1.82, 2.24) is 10.3 Å². The normalized spacial score (nSPS) is 10.1. The van der Waals surface area contributed by atoms with Gasteiger partial charge in [-0.3, -0.25) is 9.78 Å². The Morgan fingerprint density at radius 2 is 2.00 bits per heavy atom. The molecule has 20 heavy (non-hydrogen) atoms. The van der Waals surface area contributed by atoms with Gasteiger partial charge in [0, 0.05) is 15.3 Å². The van der Waals surface area contributed by atoms with E-state index in [0.29, 0.717) is 11.3 Å². The zero-order valence-corrected chi connectivity index (χ0v) is 12.5. The number of nitrogens with one attached hydrogen (secondary N) is 1. The second-order valence-corrected chi connectivity index (χ2v) is 5.28. The molecular weight excluding hydrogens is 371 g/mol. The van der Waals surface area contributed by atoms with Gasteiger partial charge in [0.25, 0.3) is 5.91 Å². The van der Waals surface area contributed by atoms with Crippen molar-refractivity contribution in [2.24, 2.45) is 0 Å². The maximum absolute atomic E-state index is 11.9. The molecule has 0 saturated heterocycles. The second kappa shape index (κ2) is 6.47. The highest BCUT2D eigenvalue weighted by molar-refractivity contribution is 14.1. The predicted molar refractivity (Wildman–Crippen MR) is 81.5 cm³/mol. The lowest BCUT2D eigenvalue weighted by Crippen LogP contribution is -2.23. The smallest absolute Gasteiger partial charge is 0.335 e. The Hall–Kier alpha value is -1.96. The van der Waals surface area contributed by atoms with Crippen LogP contribution in [0.3, 0.4) is 0 Å². The Morgan fingerprint density at radius 3 is 2.70 bits per heavy atom. The van der Waals surface area contributed by atoms with Crippen molar-refractivity contribution in [2.45, 2.75) is 6.54 Å². The van der Waals surface area contributed by atoms with E-state index in [0.717, 1.165) is 3.57 Å². The predicted octanol–water partition coefficient (Wildman–Crippen LogP) is 2.31. The number of aromatic carboxylic acids is 1. The van der Waals surface area contributed by atoms with Crippen LogP contribution in [-0.2, 0) is 6.54 Å². The molecule has 1 amide bonds. The van der Waals surface area contributed by atoms with Gasteiger partial charge in [-0.1, -0.05) is 6.07 Å². The molecule has 2 N–H and O–H groups in total. The van der Waals surface area contributed by atoms with Crippen molar-refractivity contribution in [1.29, 1.82) is 0 Å². The van der Waals surface area contributed by atoms with Gasteiger partial charge >= 0.3 is 5.97 Å². The molecule has 2 rings (SSSR count). The molecule has 0 radical (unpaired) electrons. The number of hydrogen-bond donors (Lipinski definition) is 2. The van der Waals surface area contributed by atoms with Gasteiger partial charge < -0.3 is 10.4 Å². The molecule has 102 valence electrons. The monoisotopic (exact) mass is 382 g/mol. The van der Waals surface area contributed by atoms with Crippen LogP contribution in [0, 0.1) is 3.57 Å². The minimum atomic E-state index is -1.02. The molecule has 1 heterocycles. The van der Waals surface area contributed by atoms with E-state index in [4.69, 9.17) is 5.11 Å². The molecule has 0 bridgehead atoms. The van der Waals surface area contributed by atoms with E-state index in [1.54, 1.807) is 18.2 Å². The molecule has 1 aromatic heterocycles. The number of hydrogen-bond acceptors (Lipinski definition) is 3. The molecule has 0 aliphatic carbocycles. The Balaban J connectivity index is 2.03. The van der Waals surface area contributed by atoms with Crippen molar-refractivity contribution in [3.63, 3.8) is 0 Å². The van der Waals surface area contributed by atoms with Gasteiger partial charge in [-0.15, -0.1) is 0 Å². The van der Waals surface area contributed by atoms with Crippen LogP contribution in [0.4, 0.5) is 0 Å². The summed E-state index contributed by atoms with van der Waals surface area (Å²) in [5.74, 6) is -1.23. The first-order chi connectivity index (χ1) is 9.56. The van der Waals surface area contributed by atoms with Crippen LogP contribution in [0.1, 0.15) is 26.4 Å². The van der Waals surface area contributed by atoms with E-state index in [2.05, 4.69) is 32.9 Å². The van der Waals surface area contributed by atoms with Crippen LogP contribution in [-0.4, -0.2) is 22.0 Å². The fraction of sp³-hybridized carbons (Fsp3) is 0.0714. The lowest BCUT2D eigenvalue weighted by Gasteiger charge is -2.05. The molecule has 0 spiro atoms. The van der Waals surface area contributed by atoms with Gasteiger partial charge in [0.15, 0.2) is 0 Å². The number of amides is 1. The highest BCUT2D eigenvalue weighted by atomic mass is 127. The van der Waals surface area contributed by atoms with Gasteiger partial charge in [-0.05, 0) is 52.9 Å². The number of carboxylic acid groups (broad SMARTS) is 1. The molecule has 1 aromatic carbocycles. The van der Waals surface area contributed by atoms with Gasteiger partial charge in [0.2, 0.25) is 0 Å². The summed E-state index contributed by atoms with van der Waals surface area (Å²) in [6.45, 7) is 0.186. The first-order valence-corrected chi connectivity index (χ1v) is 6.86. The van der Waals surface area contributed by atoms with Crippen LogP contribution in [0.15, 0.2) is 42.6 Å². The van der Waals surface area contributed by atoms with Crippen molar-refractivity contribution >= 4 is 34.5 Å². The third-order valence-electron chi connectivity index (χ3n) is 2.58. The molecule has 6 heteroatoms. The van der Waals surface area contributed by atoms with Crippen LogP contribution in [0.2, 0.25) is 0 Å². The Labute approximate surface area is 129 Å². The van der Waals surface area contributed by atoms with E-state index in [1.807, 2.05) is 6.07 Å². The first kappa shape index (κ1) is 14.4. The van der Waals surface area contributed by atoms with E-state index in [1.165, 1.54) is 18.3 Å². The van der Waals surface area contributed by atoms with Crippen LogP contribution in [0.25, 0.3) is 0 Å². The number of pyridine rings is 1. The average molecular weight is 382 g/mol. The number of carbonyl (C=O) groups is 2. The lowest BCUT2D eigenvalue weighted by atomic mass is 10.2. The maximum atomic E-state index is 11.9.